The van der Waals surface area contributed by atoms with E-state index < -0.39 is 33.2 Å². The van der Waals surface area contributed by atoms with Gasteiger partial charge in [0.2, 0.25) is 15.7 Å². The summed E-state index contributed by atoms with van der Waals surface area (Å²) in [5.74, 6) is -2.28. The van der Waals surface area contributed by atoms with Crippen molar-refractivity contribution in [1.82, 2.24) is 20.2 Å². The number of alkyl halides is 3. The first-order valence-corrected chi connectivity index (χ1v) is 7.43. The summed E-state index contributed by atoms with van der Waals surface area (Å²) in [6.45, 7) is 3.26. The fraction of sp³-hybridized carbons (Fsp3) is 0.600. The van der Waals surface area contributed by atoms with E-state index in [2.05, 4.69) is 15.7 Å². The molecule has 0 unspecified atom stereocenters. The lowest BCUT2D eigenvalue weighted by molar-refractivity contribution is -0.147. The van der Waals surface area contributed by atoms with Crippen molar-refractivity contribution in [3.8, 4) is 0 Å². The first-order chi connectivity index (χ1) is 9.42. The topological polar surface area (TPSA) is 86.1 Å². The number of hydrogen-bond donors (Lipinski definition) is 1. The lowest BCUT2D eigenvalue weighted by Crippen LogP contribution is -2.23. The molecule has 21 heavy (non-hydrogen) atoms. The molecule has 0 aliphatic carbocycles. The van der Waals surface area contributed by atoms with Gasteiger partial charge in [0.1, 0.15) is 17.2 Å². The van der Waals surface area contributed by atoms with Crippen LogP contribution in [0.3, 0.4) is 0 Å². The van der Waals surface area contributed by atoms with Crippen LogP contribution in [0.25, 0.3) is 0 Å². The van der Waals surface area contributed by atoms with Crippen molar-refractivity contribution in [3.63, 3.8) is 0 Å². The second-order valence-corrected chi connectivity index (χ2v) is 7.03. The SMILES string of the molecule is Cn1c(CS(=O)(=O)C2=CC(C)(C)ON2)nnc1C(F)(F)F. The second kappa shape index (κ2) is 4.70. The maximum atomic E-state index is 12.6. The molecule has 0 fully saturated rings. The van der Waals surface area contributed by atoms with Gasteiger partial charge in [-0.2, -0.15) is 13.2 Å². The van der Waals surface area contributed by atoms with Crippen LogP contribution in [0.5, 0.6) is 0 Å². The summed E-state index contributed by atoms with van der Waals surface area (Å²) < 4.78 is 62.6. The Bertz CT molecular complexity index is 691. The monoisotopic (exact) mass is 326 g/mol. The Kier molecular flexibility index (Phi) is 3.53. The highest BCUT2D eigenvalue weighted by Crippen LogP contribution is 2.28. The van der Waals surface area contributed by atoms with Crippen LogP contribution in [0.2, 0.25) is 0 Å². The molecular weight excluding hydrogens is 313 g/mol. The number of nitrogens with one attached hydrogen (secondary N) is 1. The van der Waals surface area contributed by atoms with Gasteiger partial charge in [-0.1, -0.05) is 0 Å². The van der Waals surface area contributed by atoms with Gasteiger partial charge in [0.05, 0.1) is 0 Å². The van der Waals surface area contributed by atoms with E-state index in [9.17, 15) is 21.6 Å². The molecule has 0 saturated heterocycles. The van der Waals surface area contributed by atoms with Crippen LogP contribution in [0, 0.1) is 0 Å². The average Bonchev–Trinajstić information content (AvgIpc) is 2.82. The third kappa shape index (κ3) is 3.18. The highest BCUT2D eigenvalue weighted by molar-refractivity contribution is 7.94. The van der Waals surface area contributed by atoms with Crippen molar-refractivity contribution in [2.45, 2.75) is 31.4 Å². The summed E-state index contributed by atoms with van der Waals surface area (Å²) in [6, 6.07) is 0. The van der Waals surface area contributed by atoms with Gasteiger partial charge in [-0.25, -0.2) is 8.42 Å². The van der Waals surface area contributed by atoms with Gasteiger partial charge in [0.25, 0.3) is 0 Å². The van der Waals surface area contributed by atoms with Crippen LogP contribution in [-0.2, 0) is 33.7 Å². The number of hydroxylamine groups is 1. The van der Waals surface area contributed by atoms with E-state index in [1.165, 1.54) is 6.08 Å². The number of nitrogens with zero attached hydrogens (tertiary/aromatic N) is 3. The Labute approximate surface area is 118 Å². The predicted octanol–water partition coefficient (Wildman–Crippen LogP) is 0.903. The average molecular weight is 326 g/mol. The van der Waals surface area contributed by atoms with Crippen LogP contribution in [-0.4, -0.2) is 28.8 Å². The third-order valence-electron chi connectivity index (χ3n) is 2.77. The van der Waals surface area contributed by atoms with Gasteiger partial charge in [0.15, 0.2) is 5.03 Å². The Morgan fingerprint density at radius 2 is 2.00 bits per heavy atom. The van der Waals surface area contributed by atoms with Crippen molar-refractivity contribution in [1.29, 1.82) is 0 Å². The van der Waals surface area contributed by atoms with Gasteiger partial charge in [-0.05, 0) is 19.9 Å². The highest BCUT2D eigenvalue weighted by atomic mass is 32.2. The quantitative estimate of drug-likeness (QED) is 0.888. The smallest absolute Gasteiger partial charge is 0.310 e. The van der Waals surface area contributed by atoms with Gasteiger partial charge in [-0.15, -0.1) is 10.2 Å². The van der Waals surface area contributed by atoms with E-state index in [-0.39, 0.29) is 10.9 Å². The summed E-state index contributed by atoms with van der Waals surface area (Å²) in [7, 11) is -2.84. The van der Waals surface area contributed by atoms with E-state index in [1.54, 1.807) is 13.8 Å². The molecule has 2 rings (SSSR count). The summed E-state index contributed by atoms with van der Waals surface area (Å²) in [4.78, 5) is 5.02. The van der Waals surface area contributed by atoms with Crippen LogP contribution < -0.4 is 5.48 Å². The van der Waals surface area contributed by atoms with Crippen LogP contribution in [0.1, 0.15) is 25.5 Å². The van der Waals surface area contributed by atoms with E-state index in [4.69, 9.17) is 4.84 Å². The number of halogens is 3. The molecule has 1 aromatic heterocycles. The molecule has 1 aromatic rings. The molecule has 0 amide bonds. The number of hydrogen-bond acceptors (Lipinski definition) is 6. The van der Waals surface area contributed by atoms with Crippen molar-refractivity contribution >= 4 is 9.84 Å². The molecule has 0 atom stereocenters. The molecule has 0 spiro atoms. The van der Waals surface area contributed by atoms with Crippen LogP contribution >= 0.6 is 0 Å². The molecule has 1 aliphatic rings. The van der Waals surface area contributed by atoms with Gasteiger partial charge in [0, 0.05) is 7.05 Å². The molecule has 11 heteroatoms. The molecule has 2 heterocycles. The van der Waals surface area contributed by atoms with Crippen molar-refractivity contribution in [2.24, 2.45) is 7.05 Å². The van der Waals surface area contributed by atoms with Gasteiger partial charge >= 0.3 is 6.18 Å². The third-order valence-corrected chi connectivity index (χ3v) is 4.28. The molecular formula is C10H13F3N4O3S. The lowest BCUT2D eigenvalue weighted by Gasteiger charge is -2.11. The Morgan fingerprint density at radius 1 is 1.38 bits per heavy atom. The number of sulfone groups is 1. The zero-order valence-corrected chi connectivity index (χ0v) is 12.2. The summed E-state index contributed by atoms with van der Waals surface area (Å²) in [5.41, 5.74) is 1.44. The molecule has 0 aromatic carbocycles. The number of rotatable bonds is 3. The molecule has 1 aliphatic heterocycles. The fourth-order valence-electron chi connectivity index (χ4n) is 1.69. The molecule has 0 bridgehead atoms. The minimum Gasteiger partial charge on any atom is -0.310 e. The Hall–Kier alpha value is -1.62. The summed E-state index contributed by atoms with van der Waals surface area (Å²) in [6.07, 6.45) is -3.36. The fourth-order valence-corrected chi connectivity index (χ4v) is 3.07. The van der Waals surface area contributed by atoms with Crippen molar-refractivity contribution in [2.75, 3.05) is 0 Å². The van der Waals surface area contributed by atoms with Crippen molar-refractivity contribution < 1.29 is 26.4 Å². The Balaban J connectivity index is 2.29. The van der Waals surface area contributed by atoms with E-state index in [0.29, 0.717) is 4.57 Å². The zero-order chi connectivity index (χ0) is 16.1. The normalized spacial score (nSPS) is 18.5. The number of aromatic nitrogens is 3. The second-order valence-electron chi connectivity index (χ2n) is 5.07. The minimum atomic E-state index is -4.69. The first-order valence-electron chi connectivity index (χ1n) is 5.77. The molecule has 7 nitrogen and oxygen atoms in total. The van der Waals surface area contributed by atoms with E-state index in [0.717, 1.165) is 7.05 Å². The van der Waals surface area contributed by atoms with Gasteiger partial charge in [-0.3, -0.25) is 10.3 Å². The standard InChI is InChI=1S/C10H13F3N4O3S/c1-9(2)4-7(16-20-9)21(18,19)5-6-14-15-8(17(6)3)10(11,12)13/h4,16H,5H2,1-3H3. The first kappa shape index (κ1) is 15.8. The molecule has 0 radical (unpaired) electrons. The minimum absolute atomic E-state index is 0.205. The Morgan fingerprint density at radius 3 is 2.43 bits per heavy atom. The lowest BCUT2D eigenvalue weighted by atomic mass is 10.1. The largest absolute Gasteiger partial charge is 0.451 e. The summed E-state index contributed by atoms with van der Waals surface area (Å²) in [5, 5.41) is 6.07. The highest BCUT2D eigenvalue weighted by Gasteiger charge is 2.39. The van der Waals surface area contributed by atoms with Crippen LogP contribution in [0.15, 0.2) is 11.1 Å². The van der Waals surface area contributed by atoms with Crippen LogP contribution in [0.4, 0.5) is 13.2 Å². The molecule has 1 N–H and O–H groups in total. The van der Waals surface area contributed by atoms with Gasteiger partial charge < -0.3 is 4.57 Å². The maximum Gasteiger partial charge on any atom is 0.451 e. The maximum absolute atomic E-state index is 12.6. The molecule has 118 valence electrons. The zero-order valence-electron chi connectivity index (χ0n) is 11.4. The van der Waals surface area contributed by atoms with E-state index >= 15 is 0 Å². The molecule has 0 saturated carbocycles. The van der Waals surface area contributed by atoms with E-state index in [1.807, 2.05) is 0 Å². The summed E-state index contributed by atoms with van der Waals surface area (Å²) >= 11 is 0. The predicted molar refractivity (Wildman–Crippen MR) is 65.0 cm³/mol. The van der Waals surface area contributed by atoms with Crippen molar-refractivity contribution in [3.05, 3.63) is 22.8 Å².